The lowest BCUT2D eigenvalue weighted by atomic mass is 10.2. The number of thiazole rings is 1. The van der Waals surface area contributed by atoms with Crippen molar-refractivity contribution in [2.75, 3.05) is 44.2 Å². The molecule has 1 aliphatic heterocycles. The number of aromatic nitrogens is 1. The Kier molecular flexibility index (Phi) is 4.56. The molecule has 0 saturated carbocycles. The molecule has 2 N–H and O–H groups in total. The van der Waals surface area contributed by atoms with Crippen LogP contribution in [0, 0.1) is 0 Å². The van der Waals surface area contributed by atoms with Gasteiger partial charge in [-0.1, -0.05) is 0 Å². The van der Waals surface area contributed by atoms with Gasteiger partial charge < -0.3 is 10.6 Å². The van der Waals surface area contributed by atoms with Gasteiger partial charge in [0, 0.05) is 37.8 Å². The molecular formula is C11H20N4S. The summed E-state index contributed by atoms with van der Waals surface area (Å²) in [6, 6.07) is 0. The van der Waals surface area contributed by atoms with E-state index in [1.165, 1.54) is 18.1 Å². The Balaban J connectivity index is 1.70. The molecule has 16 heavy (non-hydrogen) atoms. The Morgan fingerprint density at radius 3 is 2.69 bits per heavy atom. The van der Waals surface area contributed by atoms with Crippen LogP contribution < -0.4 is 10.6 Å². The average molecular weight is 240 g/mol. The van der Waals surface area contributed by atoms with Gasteiger partial charge in [-0.2, -0.15) is 0 Å². The fourth-order valence-electron chi connectivity index (χ4n) is 2.01. The normalized spacial score (nSPS) is 17.9. The minimum absolute atomic E-state index is 0.819. The molecular weight excluding hydrogens is 220 g/mol. The molecule has 0 radical (unpaired) electrons. The second kappa shape index (κ2) is 6.18. The molecule has 1 aliphatic rings. The van der Waals surface area contributed by atoms with E-state index in [0.29, 0.717) is 0 Å². The second-order valence-corrected chi connectivity index (χ2v) is 5.01. The highest BCUT2D eigenvalue weighted by Crippen LogP contribution is 2.18. The number of hydrogen-bond donors (Lipinski definition) is 1. The highest BCUT2D eigenvalue weighted by Gasteiger charge is 2.17. The first kappa shape index (κ1) is 11.8. The highest BCUT2D eigenvalue weighted by atomic mass is 32.1. The number of piperazine rings is 1. The molecule has 2 heterocycles. The van der Waals surface area contributed by atoms with E-state index < -0.39 is 0 Å². The van der Waals surface area contributed by atoms with Crippen LogP contribution in [0.15, 0.2) is 11.6 Å². The van der Waals surface area contributed by atoms with Crippen molar-refractivity contribution in [3.8, 4) is 0 Å². The van der Waals surface area contributed by atoms with Gasteiger partial charge in [0.25, 0.3) is 0 Å². The first-order valence-electron chi connectivity index (χ1n) is 5.97. The average Bonchev–Trinajstić information content (AvgIpc) is 2.84. The van der Waals surface area contributed by atoms with Crippen LogP contribution in [-0.2, 0) is 0 Å². The molecule has 1 aromatic heterocycles. The maximum Gasteiger partial charge on any atom is 0.185 e. The summed E-state index contributed by atoms with van der Waals surface area (Å²) in [5, 5.41) is 3.21. The summed E-state index contributed by atoms with van der Waals surface area (Å²) in [7, 11) is 0. The Morgan fingerprint density at radius 2 is 2.06 bits per heavy atom. The third-order valence-corrected chi connectivity index (χ3v) is 3.82. The zero-order chi connectivity index (χ0) is 11.2. The molecule has 0 spiro atoms. The van der Waals surface area contributed by atoms with Gasteiger partial charge >= 0.3 is 0 Å². The molecule has 0 amide bonds. The number of anilines is 1. The van der Waals surface area contributed by atoms with Crippen LogP contribution in [0.3, 0.4) is 0 Å². The number of hydrogen-bond acceptors (Lipinski definition) is 5. The van der Waals surface area contributed by atoms with E-state index >= 15 is 0 Å². The van der Waals surface area contributed by atoms with Crippen LogP contribution in [0.4, 0.5) is 5.13 Å². The Labute approximate surface area is 101 Å². The molecule has 1 saturated heterocycles. The zero-order valence-corrected chi connectivity index (χ0v) is 10.5. The van der Waals surface area contributed by atoms with Gasteiger partial charge in [0.05, 0.1) is 0 Å². The Bertz CT molecular complexity index is 280. The van der Waals surface area contributed by atoms with Gasteiger partial charge in [0.1, 0.15) is 0 Å². The predicted molar refractivity (Wildman–Crippen MR) is 69.1 cm³/mol. The van der Waals surface area contributed by atoms with Gasteiger partial charge in [-0.25, -0.2) is 4.98 Å². The molecule has 5 heteroatoms. The van der Waals surface area contributed by atoms with Crippen LogP contribution in [0.5, 0.6) is 0 Å². The van der Waals surface area contributed by atoms with E-state index in [9.17, 15) is 0 Å². The van der Waals surface area contributed by atoms with Gasteiger partial charge in [-0.3, -0.25) is 4.90 Å². The molecule has 0 atom stereocenters. The standard InChI is InChI=1S/C11H20N4S/c12-3-1-2-5-14-6-8-15(9-7-14)11-13-4-10-16-11/h4,10H,1-3,5-9,12H2. The van der Waals surface area contributed by atoms with Crippen LogP contribution in [-0.4, -0.2) is 49.2 Å². The molecule has 4 nitrogen and oxygen atoms in total. The smallest absolute Gasteiger partial charge is 0.185 e. The summed E-state index contributed by atoms with van der Waals surface area (Å²) in [6.07, 6.45) is 4.26. The molecule has 1 aromatic rings. The lowest BCUT2D eigenvalue weighted by Gasteiger charge is -2.34. The largest absolute Gasteiger partial charge is 0.346 e. The van der Waals surface area contributed by atoms with Crippen molar-refractivity contribution in [3.63, 3.8) is 0 Å². The van der Waals surface area contributed by atoms with Crippen molar-refractivity contribution >= 4 is 16.5 Å². The molecule has 90 valence electrons. The van der Waals surface area contributed by atoms with Crippen LogP contribution in [0.1, 0.15) is 12.8 Å². The third kappa shape index (κ3) is 3.17. The van der Waals surface area contributed by atoms with Crippen molar-refractivity contribution < 1.29 is 0 Å². The van der Waals surface area contributed by atoms with Crippen molar-refractivity contribution in [2.45, 2.75) is 12.8 Å². The van der Waals surface area contributed by atoms with Crippen molar-refractivity contribution in [1.82, 2.24) is 9.88 Å². The molecule has 0 bridgehead atoms. The maximum absolute atomic E-state index is 5.50. The molecule has 2 rings (SSSR count). The second-order valence-electron chi connectivity index (χ2n) is 4.14. The van der Waals surface area contributed by atoms with Gasteiger partial charge in [-0.15, -0.1) is 11.3 Å². The highest BCUT2D eigenvalue weighted by molar-refractivity contribution is 7.13. The van der Waals surface area contributed by atoms with E-state index in [4.69, 9.17) is 5.73 Å². The predicted octanol–water partition coefficient (Wildman–Crippen LogP) is 1.00. The monoisotopic (exact) mass is 240 g/mol. The Morgan fingerprint density at radius 1 is 1.25 bits per heavy atom. The number of nitrogens with zero attached hydrogens (tertiary/aromatic N) is 3. The van der Waals surface area contributed by atoms with E-state index in [1.807, 2.05) is 11.6 Å². The van der Waals surface area contributed by atoms with E-state index in [0.717, 1.165) is 39.1 Å². The van der Waals surface area contributed by atoms with Gasteiger partial charge in [-0.05, 0) is 25.9 Å². The fraction of sp³-hybridized carbons (Fsp3) is 0.727. The van der Waals surface area contributed by atoms with Crippen molar-refractivity contribution in [1.29, 1.82) is 0 Å². The quantitative estimate of drug-likeness (QED) is 0.780. The van der Waals surface area contributed by atoms with Crippen LogP contribution >= 0.6 is 11.3 Å². The summed E-state index contributed by atoms with van der Waals surface area (Å²) in [5.41, 5.74) is 5.50. The third-order valence-electron chi connectivity index (χ3n) is 2.99. The van der Waals surface area contributed by atoms with Gasteiger partial charge in [0.15, 0.2) is 5.13 Å². The van der Waals surface area contributed by atoms with Gasteiger partial charge in [0.2, 0.25) is 0 Å². The van der Waals surface area contributed by atoms with Crippen molar-refractivity contribution in [2.24, 2.45) is 5.73 Å². The summed E-state index contributed by atoms with van der Waals surface area (Å²) in [6.45, 7) is 6.54. The fourth-order valence-corrected chi connectivity index (χ4v) is 2.71. The lowest BCUT2D eigenvalue weighted by molar-refractivity contribution is 0.253. The van der Waals surface area contributed by atoms with Crippen LogP contribution in [0.2, 0.25) is 0 Å². The minimum atomic E-state index is 0.819. The summed E-state index contributed by atoms with van der Waals surface area (Å²) in [5.74, 6) is 0. The molecule has 0 aliphatic carbocycles. The molecule has 0 aromatic carbocycles. The number of nitrogens with two attached hydrogens (primary N) is 1. The molecule has 1 fully saturated rings. The van der Waals surface area contributed by atoms with E-state index in [-0.39, 0.29) is 0 Å². The van der Waals surface area contributed by atoms with Crippen molar-refractivity contribution in [3.05, 3.63) is 11.6 Å². The molecule has 0 unspecified atom stereocenters. The maximum atomic E-state index is 5.50. The SMILES string of the molecule is NCCCCN1CCN(c2nccs2)CC1. The first-order valence-corrected chi connectivity index (χ1v) is 6.85. The number of unbranched alkanes of at least 4 members (excludes halogenated alkanes) is 1. The number of rotatable bonds is 5. The summed E-state index contributed by atoms with van der Waals surface area (Å²) in [4.78, 5) is 9.26. The first-order chi connectivity index (χ1) is 7.90. The van der Waals surface area contributed by atoms with Crippen LogP contribution in [0.25, 0.3) is 0 Å². The Hall–Kier alpha value is -0.650. The minimum Gasteiger partial charge on any atom is -0.346 e. The summed E-state index contributed by atoms with van der Waals surface area (Å²) >= 11 is 1.73. The van der Waals surface area contributed by atoms with E-state index in [1.54, 1.807) is 11.3 Å². The zero-order valence-electron chi connectivity index (χ0n) is 9.64. The summed E-state index contributed by atoms with van der Waals surface area (Å²) < 4.78 is 0. The van der Waals surface area contributed by atoms with E-state index in [2.05, 4.69) is 14.8 Å². The topological polar surface area (TPSA) is 45.4 Å². The lowest BCUT2D eigenvalue weighted by Crippen LogP contribution is -2.46.